The van der Waals surface area contributed by atoms with Crippen LogP contribution in [0.15, 0.2) is 29.2 Å². The summed E-state index contributed by atoms with van der Waals surface area (Å²) in [7, 11) is -1.29. The Labute approximate surface area is 141 Å². The molecular weight excluding hydrogens is 336 g/mol. The molecule has 1 amide bonds. The number of hydrogen-bond donors (Lipinski definition) is 1. The lowest BCUT2D eigenvalue weighted by atomic mass is 10.2. The number of esters is 1. The molecule has 134 valence electrons. The summed E-state index contributed by atoms with van der Waals surface area (Å²) in [5.74, 6) is -0.805. The molecule has 0 saturated heterocycles. The lowest BCUT2D eigenvalue weighted by Crippen LogP contribution is -2.31. The molecule has 9 heteroatoms. The minimum Gasteiger partial charge on any atom is -0.452 e. The van der Waals surface area contributed by atoms with Crippen LogP contribution in [0, 0.1) is 5.92 Å². The van der Waals surface area contributed by atoms with Gasteiger partial charge in [-0.2, -0.15) is 0 Å². The van der Waals surface area contributed by atoms with Crippen molar-refractivity contribution in [1.29, 1.82) is 0 Å². The first-order chi connectivity index (χ1) is 11.2. The molecule has 0 radical (unpaired) electrons. The number of hydrogen-bond acceptors (Lipinski definition) is 6. The molecule has 0 heterocycles. The second kappa shape index (κ2) is 8.76. The topological polar surface area (TPSA) is 102 Å². The molecule has 24 heavy (non-hydrogen) atoms. The second-order valence-electron chi connectivity index (χ2n) is 5.40. The number of rotatable bonds is 8. The Morgan fingerprint density at radius 1 is 1.21 bits per heavy atom. The van der Waals surface area contributed by atoms with Gasteiger partial charge >= 0.3 is 5.97 Å². The van der Waals surface area contributed by atoms with Gasteiger partial charge in [-0.05, 0) is 30.2 Å². The summed E-state index contributed by atoms with van der Waals surface area (Å²) in [6.07, 6.45) is 0. The van der Waals surface area contributed by atoms with Crippen LogP contribution in [0.2, 0.25) is 0 Å². The van der Waals surface area contributed by atoms with E-state index in [1.165, 1.54) is 38.4 Å². The van der Waals surface area contributed by atoms with E-state index in [2.05, 4.69) is 10.2 Å². The first-order valence-electron chi connectivity index (χ1n) is 7.25. The smallest absolute Gasteiger partial charge is 0.338 e. The van der Waals surface area contributed by atoms with Crippen LogP contribution in [0.5, 0.6) is 0 Å². The highest BCUT2D eigenvalue weighted by molar-refractivity contribution is 7.89. The highest BCUT2D eigenvalue weighted by Crippen LogP contribution is 2.15. The summed E-state index contributed by atoms with van der Waals surface area (Å²) in [5.41, 5.74) is 0.144. The predicted octanol–water partition coefficient (Wildman–Crippen LogP) is 0.797. The van der Waals surface area contributed by atoms with E-state index in [9.17, 15) is 18.0 Å². The fraction of sp³-hybridized carbons (Fsp3) is 0.467. The highest BCUT2D eigenvalue weighted by Gasteiger charge is 2.21. The Bertz CT molecular complexity index is 670. The summed E-state index contributed by atoms with van der Waals surface area (Å²) in [4.78, 5) is 28.0. The summed E-state index contributed by atoms with van der Waals surface area (Å²) < 4.78 is 29.6. The third-order valence-corrected chi connectivity index (χ3v) is 4.72. The molecule has 1 aromatic carbocycles. The third-order valence-electron chi connectivity index (χ3n) is 3.03. The molecule has 0 aliphatic heterocycles. The first-order valence-corrected chi connectivity index (χ1v) is 8.69. The van der Waals surface area contributed by atoms with Crippen molar-refractivity contribution in [2.45, 2.75) is 18.7 Å². The number of ether oxygens (including phenoxy) is 1. The third kappa shape index (κ3) is 5.59. The van der Waals surface area contributed by atoms with Gasteiger partial charge in [-0.25, -0.2) is 13.2 Å². The Morgan fingerprint density at radius 3 is 2.29 bits per heavy atom. The van der Waals surface area contributed by atoms with Gasteiger partial charge in [0, 0.05) is 13.6 Å². The van der Waals surface area contributed by atoms with E-state index in [0.29, 0.717) is 16.9 Å². The van der Waals surface area contributed by atoms with E-state index in [4.69, 9.17) is 4.74 Å². The van der Waals surface area contributed by atoms with E-state index in [1.54, 1.807) is 0 Å². The van der Waals surface area contributed by atoms with Crippen molar-refractivity contribution in [3.63, 3.8) is 0 Å². The zero-order valence-electron chi connectivity index (χ0n) is 14.1. The lowest BCUT2D eigenvalue weighted by Gasteiger charge is -2.14. The standard InChI is InChI=1S/C15H22N2O6S/c1-11(2)9-16-14(18)10-23-15(19)12-5-7-13(8-6-12)24(20,21)17(3)22-4/h5-8,11H,9-10H2,1-4H3,(H,16,18). The zero-order chi connectivity index (χ0) is 18.3. The van der Waals surface area contributed by atoms with Crippen molar-refractivity contribution in [2.75, 3.05) is 27.3 Å². The molecule has 0 aromatic heterocycles. The minimum atomic E-state index is -3.78. The molecule has 0 fully saturated rings. The van der Waals surface area contributed by atoms with E-state index < -0.39 is 28.5 Å². The van der Waals surface area contributed by atoms with Crippen molar-refractivity contribution in [3.8, 4) is 0 Å². The summed E-state index contributed by atoms with van der Waals surface area (Å²) in [6.45, 7) is 4.00. The monoisotopic (exact) mass is 358 g/mol. The van der Waals surface area contributed by atoms with Gasteiger partial charge in [-0.15, -0.1) is 0 Å². The second-order valence-corrected chi connectivity index (χ2v) is 7.33. The Hall–Kier alpha value is -1.97. The molecule has 8 nitrogen and oxygen atoms in total. The minimum absolute atomic E-state index is 0.0296. The maximum atomic E-state index is 12.0. The molecule has 0 unspecified atom stereocenters. The average Bonchev–Trinajstić information content (AvgIpc) is 2.56. The van der Waals surface area contributed by atoms with Crippen molar-refractivity contribution in [1.82, 2.24) is 9.79 Å². The highest BCUT2D eigenvalue weighted by atomic mass is 32.2. The molecule has 0 atom stereocenters. The number of nitrogens with zero attached hydrogens (tertiary/aromatic N) is 1. The maximum absolute atomic E-state index is 12.0. The molecule has 0 bridgehead atoms. The number of carbonyl (C=O) groups excluding carboxylic acids is 2. The van der Waals surface area contributed by atoms with Crippen LogP contribution >= 0.6 is 0 Å². The van der Waals surface area contributed by atoms with Crippen molar-refractivity contribution in [3.05, 3.63) is 29.8 Å². The van der Waals surface area contributed by atoms with Gasteiger partial charge in [0.2, 0.25) is 0 Å². The van der Waals surface area contributed by atoms with Gasteiger partial charge in [0.15, 0.2) is 6.61 Å². The summed E-state index contributed by atoms with van der Waals surface area (Å²) in [5, 5.41) is 2.62. The van der Waals surface area contributed by atoms with Crippen LogP contribution in [-0.4, -0.2) is 52.1 Å². The number of amides is 1. The molecule has 1 N–H and O–H groups in total. The zero-order valence-corrected chi connectivity index (χ0v) is 14.9. The normalized spacial score (nSPS) is 11.6. The number of nitrogens with one attached hydrogen (secondary N) is 1. The summed E-state index contributed by atoms with van der Waals surface area (Å²) in [6, 6.07) is 5.15. The first kappa shape index (κ1) is 20.1. The van der Waals surface area contributed by atoms with Crippen LogP contribution in [-0.2, 0) is 24.4 Å². The summed E-state index contributed by atoms with van der Waals surface area (Å²) >= 11 is 0. The fourth-order valence-electron chi connectivity index (χ4n) is 1.59. The predicted molar refractivity (Wildman–Crippen MR) is 86.5 cm³/mol. The lowest BCUT2D eigenvalue weighted by molar-refractivity contribution is -0.124. The molecule has 0 aliphatic rings. The molecule has 0 spiro atoms. The van der Waals surface area contributed by atoms with E-state index in [1.807, 2.05) is 13.8 Å². The quantitative estimate of drug-likeness (QED) is 0.545. The van der Waals surface area contributed by atoms with Crippen LogP contribution in [0.4, 0.5) is 0 Å². The van der Waals surface area contributed by atoms with Gasteiger partial charge < -0.3 is 10.1 Å². The van der Waals surface area contributed by atoms with Gasteiger partial charge in [0.1, 0.15) is 0 Å². The number of hydroxylamine groups is 1. The van der Waals surface area contributed by atoms with E-state index >= 15 is 0 Å². The van der Waals surface area contributed by atoms with E-state index in [-0.39, 0.29) is 10.5 Å². The van der Waals surface area contributed by atoms with Crippen LogP contribution in [0.25, 0.3) is 0 Å². The molecule has 1 aromatic rings. The number of carbonyl (C=O) groups is 2. The number of sulfonamides is 1. The molecule has 0 saturated carbocycles. The van der Waals surface area contributed by atoms with Crippen LogP contribution in [0.1, 0.15) is 24.2 Å². The number of benzene rings is 1. The van der Waals surface area contributed by atoms with Crippen LogP contribution in [0.3, 0.4) is 0 Å². The van der Waals surface area contributed by atoms with Crippen molar-refractivity contribution in [2.24, 2.45) is 5.92 Å². The largest absolute Gasteiger partial charge is 0.452 e. The Balaban J connectivity index is 2.66. The maximum Gasteiger partial charge on any atom is 0.338 e. The SMILES string of the molecule is CON(C)S(=O)(=O)c1ccc(C(=O)OCC(=O)NCC(C)C)cc1. The molecule has 0 aliphatic carbocycles. The molecular formula is C15H22N2O6S. The van der Waals surface area contributed by atoms with E-state index in [0.717, 1.165) is 0 Å². The average molecular weight is 358 g/mol. The fourth-order valence-corrected chi connectivity index (χ4v) is 2.57. The van der Waals surface area contributed by atoms with Crippen LogP contribution < -0.4 is 5.32 Å². The van der Waals surface area contributed by atoms with Crippen molar-refractivity contribution >= 4 is 21.9 Å². The van der Waals surface area contributed by atoms with Gasteiger partial charge in [-0.3, -0.25) is 9.63 Å². The Kier molecular flexibility index (Phi) is 7.33. The Morgan fingerprint density at radius 2 is 1.79 bits per heavy atom. The van der Waals surface area contributed by atoms with Gasteiger partial charge in [-0.1, -0.05) is 18.3 Å². The van der Waals surface area contributed by atoms with Gasteiger partial charge in [0.25, 0.3) is 15.9 Å². The van der Waals surface area contributed by atoms with Crippen molar-refractivity contribution < 1.29 is 27.6 Å². The molecule has 1 rings (SSSR count). The van der Waals surface area contributed by atoms with Gasteiger partial charge in [0.05, 0.1) is 17.6 Å².